The van der Waals surface area contributed by atoms with Crippen molar-refractivity contribution in [3.05, 3.63) is 64.2 Å². The number of nitrogens with one attached hydrogen (secondary N) is 1. The average Bonchev–Trinajstić information content (AvgIpc) is 2.97. The lowest BCUT2D eigenvalue weighted by Crippen LogP contribution is -2.50. The predicted octanol–water partition coefficient (Wildman–Crippen LogP) is 3.54. The number of pyridine rings is 1. The van der Waals surface area contributed by atoms with Crippen molar-refractivity contribution >= 4 is 16.8 Å². The number of nitrogens with zero attached hydrogens (tertiary/aromatic N) is 3. The molecule has 2 aromatic carbocycles. The van der Waals surface area contributed by atoms with Crippen LogP contribution in [0.1, 0.15) is 25.8 Å². The second-order valence-corrected chi connectivity index (χ2v) is 10.2. The number of hydrogen-bond donors (Lipinski definition) is 1. The Morgan fingerprint density at radius 3 is 2.38 bits per heavy atom. The number of fused-ring (bicyclic) bond motifs is 1. The first-order chi connectivity index (χ1) is 19.4. The van der Waals surface area contributed by atoms with E-state index in [1.165, 1.54) is 6.07 Å². The standard InChI is InChI=1S/C31H41FN4O4/c1-4-19-40-27-11-10-26(32)29-30(27)36(21-25(31(29)38)24-8-6-23(5-2)7-9-24)13-12-33-28(37)22-35-16-14-34(15-17-35)18-20-39-3/h6-11,21H,4-5,12-20,22H2,1-3H3,(H,33,37). The third-order valence-electron chi connectivity index (χ3n) is 7.39. The van der Waals surface area contributed by atoms with Gasteiger partial charge in [0.05, 0.1) is 30.7 Å². The monoisotopic (exact) mass is 552 g/mol. The normalized spacial score (nSPS) is 14.5. The minimum Gasteiger partial charge on any atom is -0.491 e. The van der Waals surface area contributed by atoms with E-state index in [0.29, 0.717) is 49.7 Å². The Bertz CT molecular complexity index is 1330. The number of hydrogen-bond acceptors (Lipinski definition) is 6. The zero-order valence-corrected chi connectivity index (χ0v) is 23.9. The molecule has 1 saturated heterocycles. The van der Waals surface area contributed by atoms with E-state index in [9.17, 15) is 9.59 Å². The first-order valence-electron chi connectivity index (χ1n) is 14.2. The molecule has 0 spiro atoms. The molecular weight excluding hydrogens is 511 g/mol. The summed E-state index contributed by atoms with van der Waals surface area (Å²) in [5.74, 6) is -0.182. The Kier molecular flexibility index (Phi) is 10.7. The van der Waals surface area contributed by atoms with Crippen molar-refractivity contribution in [2.75, 3.05) is 66.1 Å². The van der Waals surface area contributed by atoms with Crippen LogP contribution in [-0.4, -0.2) is 86.4 Å². The number of amides is 1. The molecular formula is C31H41FN4O4. The molecule has 4 rings (SSSR count). The zero-order valence-electron chi connectivity index (χ0n) is 23.9. The summed E-state index contributed by atoms with van der Waals surface area (Å²) in [7, 11) is 1.71. The molecule has 1 N–H and O–H groups in total. The van der Waals surface area contributed by atoms with Gasteiger partial charge in [0.25, 0.3) is 0 Å². The fourth-order valence-electron chi connectivity index (χ4n) is 5.06. The van der Waals surface area contributed by atoms with Crippen molar-refractivity contribution in [1.82, 2.24) is 19.7 Å². The number of carbonyl (C=O) groups excluding carboxylic acids is 1. The topological polar surface area (TPSA) is 76.0 Å². The van der Waals surface area contributed by atoms with Gasteiger partial charge in [-0.1, -0.05) is 38.1 Å². The highest BCUT2D eigenvalue weighted by Crippen LogP contribution is 2.29. The van der Waals surface area contributed by atoms with Crippen LogP contribution in [0.3, 0.4) is 0 Å². The van der Waals surface area contributed by atoms with Gasteiger partial charge in [0.2, 0.25) is 5.91 Å². The zero-order chi connectivity index (χ0) is 28.5. The quantitative estimate of drug-likeness (QED) is 0.350. The van der Waals surface area contributed by atoms with Crippen molar-refractivity contribution in [1.29, 1.82) is 0 Å². The lowest BCUT2D eigenvalue weighted by atomic mass is 10.0. The van der Waals surface area contributed by atoms with Crippen LogP contribution in [0.4, 0.5) is 4.39 Å². The molecule has 1 amide bonds. The number of piperazine rings is 1. The minimum atomic E-state index is -0.585. The van der Waals surface area contributed by atoms with E-state index in [4.69, 9.17) is 9.47 Å². The van der Waals surface area contributed by atoms with Gasteiger partial charge in [0.15, 0.2) is 5.43 Å². The molecule has 216 valence electrons. The Morgan fingerprint density at radius 1 is 0.975 bits per heavy atom. The van der Waals surface area contributed by atoms with E-state index in [-0.39, 0.29) is 16.7 Å². The molecule has 1 fully saturated rings. The largest absolute Gasteiger partial charge is 0.491 e. The van der Waals surface area contributed by atoms with Crippen LogP contribution in [0.5, 0.6) is 5.75 Å². The van der Waals surface area contributed by atoms with Crippen LogP contribution < -0.4 is 15.5 Å². The maximum absolute atomic E-state index is 15.2. The third-order valence-corrected chi connectivity index (χ3v) is 7.39. The minimum absolute atomic E-state index is 0.00309. The fourth-order valence-corrected chi connectivity index (χ4v) is 5.06. The molecule has 2 heterocycles. The Balaban J connectivity index is 1.53. The van der Waals surface area contributed by atoms with E-state index < -0.39 is 5.82 Å². The number of halogens is 1. The number of carbonyl (C=O) groups is 1. The Labute approximate surface area is 235 Å². The molecule has 40 heavy (non-hydrogen) atoms. The second-order valence-electron chi connectivity index (χ2n) is 10.2. The second kappa shape index (κ2) is 14.4. The lowest BCUT2D eigenvalue weighted by molar-refractivity contribution is -0.122. The number of rotatable bonds is 13. The molecule has 1 aromatic heterocycles. The van der Waals surface area contributed by atoms with Gasteiger partial charge in [0.1, 0.15) is 11.6 Å². The maximum atomic E-state index is 15.2. The summed E-state index contributed by atoms with van der Waals surface area (Å²) >= 11 is 0. The number of benzene rings is 2. The van der Waals surface area contributed by atoms with Crippen molar-refractivity contribution in [3.8, 4) is 16.9 Å². The molecule has 0 atom stereocenters. The maximum Gasteiger partial charge on any atom is 0.234 e. The molecule has 1 aliphatic heterocycles. The molecule has 0 bridgehead atoms. The molecule has 0 saturated carbocycles. The fraction of sp³-hybridized carbons (Fsp3) is 0.484. The molecule has 3 aromatic rings. The first-order valence-corrected chi connectivity index (χ1v) is 14.2. The highest BCUT2D eigenvalue weighted by molar-refractivity contribution is 5.89. The van der Waals surface area contributed by atoms with Gasteiger partial charge in [-0.3, -0.25) is 19.4 Å². The predicted molar refractivity (Wildman–Crippen MR) is 157 cm³/mol. The summed E-state index contributed by atoms with van der Waals surface area (Å²) in [5.41, 5.74) is 2.34. The molecule has 0 aliphatic carbocycles. The molecule has 1 aliphatic rings. The van der Waals surface area contributed by atoms with Gasteiger partial charge < -0.3 is 19.4 Å². The highest BCUT2D eigenvalue weighted by Gasteiger charge is 2.20. The Morgan fingerprint density at radius 2 is 1.70 bits per heavy atom. The van der Waals surface area contributed by atoms with Crippen LogP contribution >= 0.6 is 0 Å². The van der Waals surface area contributed by atoms with Crippen LogP contribution in [0, 0.1) is 5.82 Å². The van der Waals surface area contributed by atoms with Crippen LogP contribution in [0.2, 0.25) is 0 Å². The van der Waals surface area contributed by atoms with Crippen LogP contribution in [-0.2, 0) is 22.5 Å². The SMILES string of the molecule is CCCOc1ccc(F)c2c(=O)c(-c3ccc(CC)cc3)cn(CCNC(=O)CN3CCN(CCOC)CC3)c12. The smallest absolute Gasteiger partial charge is 0.234 e. The van der Waals surface area contributed by atoms with Crippen LogP contribution in [0.15, 0.2) is 47.4 Å². The van der Waals surface area contributed by atoms with E-state index >= 15 is 4.39 Å². The summed E-state index contributed by atoms with van der Waals surface area (Å²) in [6, 6.07) is 10.6. The van der Waals surface area contributed by atoms with Gasteiger partial charge in [-0.2, -0.15) is 0 Å². The first kappa shape index (κ1) is 29.7. The van der Waals surface area contributed by atoms with Crippen molar-refractivity contribution < 1.29 is 18.7 Å². The van der Waals surface area contributed by atoms with Crippen molar-refractivity contribution in [2.24, 2.45) is 0 Å². The summed E-state index contributed by atoms with van der Waals surface area (Å²) in [5, 5.41) is 3.01. The van der Waals surface area contributed by atoms with E-state index in [2.05, 4.69) is 22.0 Å². The van der Waals surface area contributed by atoms with Gasteiger partial charge in [0, 0.05) is 64.7 Å². The average molecular weight is 553 g/mol. The third kappa shape index (κ3) is 7.27. The lowest BCUT2D eigenvalue weighted by Gasteiger charge is -2.34. The number of ether oxygens (including phenoxy) is 2. The summed E-state index contributed by atoms with van der Waals surface area (Å²) in [6.07, 6.45) is 3.43. The summed E-state index contributed by atoms with van der Waals surface area (Å²) in [4.78, 5) is 30.8. The molecule has 0 unspecified atom stereocenters. The van der Waals surface area contributed by atoms with Crippen LogP contribution in [0.25, 0.3) is 22.0 Å². The molecule has 8 nitrogen and oxygen atoms in total. The summed E-state index contributed by atoms with van der Waals surface area (Å²) in [6.45, 7) is 10.6. The molecule has 0 radical (unpaired) electrons. The summed E-state index contributed by atoms with van der Waals surface area (Å²) < 4.78 is 28.1. The van der Waals surface area contributed by atoms with E-state index in [1.807, 2.05) is 35.8 Å². The number of methoxy groups -OCH3 is 1. The number of aromatic nitrogens is 1. The highest BCUT2D eigenvalue weighted by atomic mass is 19.1. The van der Waals surface area contributed by atoms with Gasteiger partial charge >= 0.3 is 0 Å². The molecule has 9 heteroatoms. The Hall–Kier alpha value is -3.27. The number of aryl methyl sites for hydroxylation is 1. The van der Waals surface area contributed by atoms with Gasteiger partial charge in [-0.25, -0.2) is 4.39 Å². The van der Waals surface area contributed by atoms with Gasteiger partial charge in [-0.15, -0.1) is 0 Å². The van der Waals surface area contributed by atoms with E-state index in [1.54, 1.807) is 19.4 Å². The van der Waals surface area contributed by atoms with E-state index in [0.717, 1.165) is 56.7 Å². The van der Waals surface area contributed by atoms with Gasteiger partial charge in [-0.05, 0) is 36.1 Å². The van der Waals surface area contributed by atoms with Crippen molar-refractivity contribution in [3.63, 3.8) is 0 Å². The van der Waals surface area contributed by atoms with Crippen molar-refractivity contribution in [2.45, 2.75) is 33.2 Å².